The van der Waals surface area contributed by atoms with Gasteiger partial charge in [0, 0.05) is 17.9 Å². The number of amides is 2. The number of hydrogen-bond acceptors (Lipinski definition) is 3. The van der Waals surface area contributed by atoms with Crippen LogP contribution in [0.25, 0.3) is 5.52 Å². The largest absolute Gasteiger partial charge is 0.347 e. The van der Waals surface area contributed by atoms with Crippen LogP contribution in [0.15, 0.2) is 48.7 Å². The molecule has 138 valence electrons. The Morgan fingerprint density at radius 2 is 1.78 bits per heavy atom. The Morgan fingerprint density at radius 1 is 1.04 bits per heavy atom. The Balaban J connectivity index is 1.66. The predicted octanol–water partition coefficient (Wildman–Crippen LogP) is 3.57. The van der Waals surface area contributed by atoms with Crippen LogP contribution >= 0.6 is 0 Å². The zero-order chi connectivity index (χ0) is 18.8. The molecule has 3 aromatic rings. The lowest BCUT2D eigenvalue weighted by molar-refractivity contribution is 0.0926. The van der Waals surface area contributed by atoms with Gasteiger partial charge < -0.3 is 10.6 Å². The molecule has 6 nitrogen and oxygen atoms in total. The predicted molar refractivity (Wildman–Crippen MR) is 104 cm³/mol. The minimum atomic E-state index is -0.326. The molecule has 1 aliphatic carbocycles. The number of pyridine rings is 1. The zero-order valence-corrected chi connectivity index (χ0v) is 15.2. The Kier molecular flexibility index (Phi) is 4.62. The fourth-order valence-electron chi connectivity index (χ4n) is 3.58. The third kappa shape index (κ3) is 3.43. The van der Waals surface area contributed by atoms with Crippen molar-refractivity contribution in [1.82, 2.24) is 14.7 Å². The average molecular weight is 362 g/mol. The number of fused-ring (bicyclic) bond motifs is 1. The third-order valence-corrected chi connectivity index (χ3v) is 5.05. The standard InChI is InChI=1S/C21H22N4O2/c1-14-8-2-5-11-16(14)23-20(26)18-17-12-6-7-13-25(17)19(24-18)21(27)22-15-9-3-4-10-15/h2,5-8,11-13,15H,3-4,9-10H2,1H3,(H,22,27)(H,23,26). The van der Waals surface area contributed by atoms with Gasteiger partial charge in [-0.25, -0.2) is 4.98 Å². The highest BCUT2D eigenvalue weighted by Crippen LogP contribution is 2.20. The molecule has 2 heterocycles. The summed E-state index contributed by atoms with van der Waals surface area (Å²) in [5, 5.41) is 5.94. The van der Waals surface area contributed by atoms with Crippen LogP contribution < -0.4 is 10.6 Å². The summed E-state index contributed by atoms with van der Waals surface area (Å²) in [6.07, 6.45) is 6.02. The molecule has 1 aromatic carbocycles. The van der Waals surface area contributed by atoms with Crippen molar-refractivity contribution >= 4 is 23.0 Å². The van der Waals surface area contributed by atoms with Gasteiger partial charge in [-0.1, -0.05) is 37.1 Å². The van der Waals surface area contributed by atoms with E-state index in [1.54, 1.807) is 16.7 Å². The molecule has 4 rings (SSSR count). The number of nitrogens with zero attached hydrogens (tertiary/aromatic N) is 2. The highest BCUT2D eigenvalue weighted by molar-refractivity contribution is 6.09. The number of hydrogen-bond donors (Lipinski definition) is 2. The molecule has 0 atom stereocenters. The van der Waals surface area contributed by atoms with Gasteiger partial charge in [-0.3, -0.25) is 14.0 Å². The number of anilines is 1. The first-order valence-electron chi connectivity index (χ1n) is 9.28. The van der Waals surface area contributed by atoms with E-state index in [0.29, 0.717) is 5.52 Å². The van der Waals surface area contributed by atoms with Gasteiger partial charge in [0.1, 0.15) is 0 Å². The Morgan fingerprint density at radius 3 is 2.56 bits per heavy atom. The molecule has 6 heteroatoms. The Hall–Kier alpha value is -3.15. The molecule has 2 N–H and O–H groups in total. The van der Waals surface area contributed by atoms with E-state index in [-0.39, 0.29) is 29.4 Å². The minimum absolute atomic E-state index is 0.192. The second-order valence-corrected chi connectivity index (χ2v) is 6.96. The third-order valence-electron chi connectivity index (χ3n) is 5.05. The van der Waals surface area contributed by atoms with E-state index in [0.717, 1.165) is 36.9 Å². The molecule has 0 unspecified atom stereocenters. The normalized spacial score (nSPS) is 14.4. The van der Waals surface area contributed by atoms with E-state index in [1.165, 1.54) is 0 Å². The van der Waals surface area contributed by atoms with E-state index in [1.807, 2.05) is 43.3 Å². The highest BCUT2D eigenvalue weighted by atomic mass is 16.2. The number of benzene rings is 1. The van der Waals surface area contributed by atoms with Crippen LogP contribution in [0, 0.1) is 6.92 Å². The lowest BCUT2D eigenvalue weighted by Crippen LogP contribution is -2.33. The fraction of sp³-hybridized carbons (Fsp3) is 0.286. The molecule has 27 heavy (non-hydrogen) atoms. The van der Waals surface area contributed by atoms with Gasteiger partial charge in [0.2, 0.25) is 5.82 Å². The quantitative estimate of drug-likeness (QED) is 0.745. The van der Waals surface area contributed by atoms with Crippen LogP contribution in [-0.4, -0.2) is 27.2 Å². The Bertz CT molecular complexity index is 1000. The van der Waals surface area contributed by atoms with Gasteiger partial charge in [0.15, 0.2) is 5.69 Å². The summed E-state index contributed by atoms with van der Waals surface area (Å²) in [6.45, 7) is 1.93. The maximum absolute atomic E-state index is 12.8. The zero-order valence-electron chi connectivity index (χ0n) is 15.2. The van der Waals surface area contributed by atoms with Crippen LogP contribution in [0.5, 0.6) is 0 Å². The molecular formula is C21H22N4O2. The van der Waals surface area contributed by atoms with Crippen LogP contribution in [-0.2, 0) is 0 Å². The van der Waals surface area contributed by atoms with Crippen molar-refractivity contribution in [3.05, 3.63) is 65.7 Å². The molecule has 0 aliphatic heterocycles. The molecule has 0 bridgehead atoms. The van der Waals surface area contributed by atoms with Gasteiger partial charge >= 0.3 is 0 Å². The second-order valence-electron chi connectivity index (χ2n) is 6.96. The van der Waals surface area contributed by atoms with E-state index < -0.39 is 0 Å². The van der Waals surface area contributed by atoms with Gasteiger partial charge in [0.05, 0.1) is 5.52 Å². The van der Waals surface area contributed by atoms with Crippen molar-refractivity contribution in [2.75, 3.05) is 5.32 Å². The topological polar surface area (TPSA) is 75.5 Å². The van der Waals surface area contributed by atoms with E-state index in [4.69, 9.17) is 0 Å². The van der Waals surface area contributed by atoms with E-state index >= 15 is 0 Å². The number of aromatic nitrogens is 2. The molecule has 2 aromatic heterocycles. The number of carbonyl (C=O) groups excluding carboxylic acids is 2. The number of nitrogens with one attached hydrogen (secondary N) is 2. The number of para-hydroxylation sites is 1. The maximum atomic E-state index is 12.8. The molecule has 1 saturated carbocycles. The SMILES string of the molecule is Cc1ccccc1NC(=O)c1nc(C(=O)NC2CCCC2)n2ccccc12. The van der Waals surface area contributed by atoms with E-state index in [9.17, 15) is 9.59 Å². The van der Waals surface area contributed by atoms with Crippen LogP contribution in [0.2, 0.25) is 0 Å². The first kappa shape index (κ1) is 17.3. The highest BCUT2D eigenvalue weighted by Gasteiger charge is 2.24. The maximum Gasteiger partial charge on any atom is 0.287 e. The summed E-state index contributed by atoms with van der Waals surface area (Å²) in [4.78, 5) is 30.0. The van der Waals surface area contributed by atoms with Crippen LogP contribution in [0.1, 0.15) is 52.4 Å². The van der Waals surface area contributed by atoms with Crippen molar-refractivity contribution in [3.8, 4) is 0 Å². The van der Waals surface area contributed by atoms with Crippen molar-refractivity contribution in [3.63, 3.8) is 0 Å². The molecular weight excluding hydrogens is 340 g/mol. The molecule has 1 aliphatic rings. The molecule has 2 amide bonds. The summed E-state index contributed by atoms with van der Waals surface area (Å²) in [6, 6.07) is 13.2. The fourth-order valence-corrected chi connectivity index (χ4v) is 3.58. The monoisotopic (exact) mass is 362 g/mol. The second kappa shape index (κ2) is 7.23. The summed E-state index contributed by atoms with van der Waals surface area (Å²) in [5.74, 6) is -0.321. The number of carbonyl (C=O) groups is 2. The summed E-state index contributed by atoms with van der Waals surface area (Å²) in [7, 11) is 0. The average Bonchev–Trinajstić information content (AvgIpc) is 3.31. The van der Waals surface area contributed by atoms with Gasteiger partial charge in [0.25, 0.3) is 11.8 Å². The van der Waals surface area contributed by atoms with Crippen molar-refractivity contribution in [1.29, 1.82) is 0 Å². The van der Waals surface area contributed by atoms with Crippen LogP contribution in [0.3, 0.4) is 0 Å². The van der Waals surface area contributed by atoms with Crippen LogP contribution in [0.4, 0.5) is 5.69 Å². The lowest BCUT2D eigenvalue weighted by Gasteiger charge is -2.10. The summed E-state index contributed by atoms with van der Waals surface area (Å²) < 4.78 is 1.68. The number of aryl methyl sites for hydroxylation is 1. The number of imidazole rings is 1. The molecule has 1 fully saturated rings. The lowest BCUT2D eigenvalue weighted by atomic mass is 10.2. The van der Waals surface area contributed by atoms with Gasteiger partial charge in [-0.15, -0.1) is 0 Å². The number of rotatable bonds is 4. The van der Waals surface area contributed by atoms with Gasteiger partial charge in [-0.2, -0.15) is 0 Å². The van der Waals surface area contributed by atoms with Crippen molar-refractivity contribution in [2.45, 2.75) is 38.6 Å². The summed E-state index contributed by atoms with van der Waals surface area (Å²) in [5.41, 5.74) is 2.56. The van der Waals surface area contributed by atoms with Gasteiger partial charge in [-0.05, 0) is 43.5 Å². The molecule has 0 spiro atoms. The Labute approximate surface area is 157 Å². The first-order valence-corrected chi connectivity index (χ1v) is 9.28. The minimum Gasteiger partial charge on any atom is -0.347 e. The van der Waals surface area contributed by atoms with E-state index in [2.05, 4.69) is 15.6 Å². The molecule has 0 saturated heterocycles. The summed E-state index contributed by atoms with van der Waals surface area (Å²) >= 11 is 0. The molecule has 0 radical (unpaired) electrons. The van der Waals surface area contributed by atoms with Crippen molar-refractivity contribution in [2.24, 2.45) is 0 Å². The smallest absolute Gasteiger partial charge is 0.287 e. The first-order chi connectivity index (χ1) is 13.1. The van der Waals surface area contributed by atoms with Crippen molar-refractivity contribution < 1.29 is 9.59 Å².